The Bertz CT molecular complexity index is 401. The first-order valence-electron chi connectivity index (χ1n) is 6.80. The molecule has 2 nitrogen and oxygen atoms in total. The van der Waals surface area contributed by atoms with E-state index in [4.69, 9.17) is 0 Å². The lowest BCUT2D eigenvalue weighted by atomic mass is 10.0. The molecule has 1 saturated carbocycles. The molecular formula is C14H19BrN2. The molecule has 3 rings (SSSR count). The Morgan fingerprint density at radius 1 is 1.18 bits per heavy atom. The molecule has 1 aromatic rings. The molecule has 1 heterocycles. The Hall–Kier alpha value is -0.440. The van der Waals surface area contributed by atoms with E-state index in [0.717, 1.165) is 18.8 Å². The number of rotatable bonds is 3. The molecule has 1 aromatic heterocycles. The molecule has 0 radical (unpaired) electrons. The highest BCUT2D eigenvalue weighted by atomic mass is 79.9. The fourth-order valence-corrected chi connectivity index (χ4v) is 3.59. The second-order valence-corrected chi connectivity index (χ2v) is 6.54. The predicted molar refractivity (Wildman–Crippen MR) is 72.4 cm³/mol. The van der Waals surface area contributed by atoms with Crippen LogP contribution in [0, 0.1) is 5.92 Å². The zero-order valence-electron chi connectivity index (χ0n) is 10.2. The van der Waals surface area contributed by atoms with Crippen molar-refractivity contribution in [3.8, 4) is 0 Å². The van der Waals surface area contributed by atoms with Gasteiger partial charge in [0.15, 0.2) is 0 Å². The first-order valence-corrected chi connectivity index (χ1v) is 7.72. The number of nitrogens with zero attached hydrogens (tertiary/aromatic N) is 2. The van der Waals surface area contributed by atoms with Crippen molar-refractivity contribution in [1.29, 1.82) is 0 Å². The summed E-state index contributed by atoms with van der Waals surface area (Å²) in [5.74, 6) is 0.895. The molecule has 2 aliphatic carbocycles. The second kappa shape index (κ2) is 5.05. The van der Waals surface area contributed by atoms with Gasteiger partial charge in [-0.1, -0.05) is 22.4 Å². The third kappa shape index (κ3) is 2.70. The molecule has 92 valence electrons. The summed E-state index contributed by atoms with van der Waals surface area (Å²) in [7, 11) is 0. The van der Waals surface area contributed by atoms with Gasteiger partial charge in [0.25, 0.3) is 0 Å². The smallest absolute Gasteiger partial charge is 0.115 e. The molecule has 0 aromatic carbocycles. The van der Waals surface area contributed by atoms with E-state index < -0.39 is 0 Å². The lowest BCUT2D eigenvalue weighted by Crippen LogP contribution is -2.11. The molecular weight excluding hydrogens is 276 g/mol. The maximum absolute atomic E-state index is 4.54. The van der Waals surface area contributed by atoms with Gasteiger partial charge in [-0.25, -0.2) is 9.97 Å². The molecule has 0 amide bonds. The summed E-state index contributed by atoms with van der Waals surface area (Å²) in [5, 5.41) is 0. The fourth-order valence-electron chi connectivity index (χ4n) is 2.75. The second-order valence-electron chi connectivity index (χ2n) is 5.36. The molecule has 0 saturated heterocycles. The number of fused-ring (bicyclic) bond motifs is 1. The Morgan fingerprint density at radius 2 is 2.00 bits per heavy atom. The maximum atomic E-state index is 4.54. The van der Waals surface area contributed by atoms with Crippen LogP contribution in [-0.2, 0) is 19.3 Å². The van der Waals surface area contributed by atoms with Crippen molar-refractivity contribution in [2.24, 2.45) is 5.92 Å². The summed E-state index contributed by atoms with van der Waals surface area (Å²) >= 11 is 3.83. The van der Waals surface area contributed by atoms with Crippen molar-refractivity contribution in [3.63, 3.8) is 0 Å². The number of halogens is 1. The molecule has 1 fully saturated rings. The molecule has 0 aliphatic heterocycles. The van der Waals surface area contributed by atoms with E-state index in [1.165, 1.54) is 55.5 Å². The molecule has 0 spiro atoms. The topological polar surface area (TPSA) is 25.8 Å². The number of aryl methyl sites for hydroxylation is 1. The minimum absolute atomic E-state index is 0.629. The van der Waals surface area contributed by atoms with Crippen LogP contribution >= 0.6 is 15.9 Å². The van der Waals surface area contributed by atoms with Crippen LogP contribution in [0.3, 0.4) is 0 Å². The highest BCUT2D eigenvalue weighted by molar-refractivity contribution is 9.09. The van der Waals surface area contributed by atoms with E-state index in [2.05, 4.69) is 25.9 Å². The number of aromatic nitrogens is 2. The standard InChI is InChI=1S/C14H19BrN2/c15-12(10-6-7-10)8-14-11-4-2-1-3-5-13(11)16-9-17-14/h9-10,12H,1-8H2. The number of hydrogen-bond acceptors (Lipinski definition) is 2. The van der Waals surface area contributed by atoms with Crippen molar-refractivity contribution < 1.29 is 0 Å². The van der Waals surface area contributed by atoms with Gasteiger partial charge in [-0.05, 0) is 50.0 Å². The van der Waals surface area contributed by atoms with Crippen LogP contribution < -0.4 is 0 Å². The molecule has 0 N–H and O–H groups in total. The molecule has 1 unspecified atom stereocenters. The molecule has 17 heavy (non-hydrogen) atoms. The number of alkyl halides is 1. The van der Waals surface area contributed by atoms with E-state index in [1.54, 1.807) is 6.33 Å². The van der Waals surface area contributed by atoms with Gasteiger partial charge in [0.2, 0.25) is 0 Å². The van der Waals surface area contributed by atoms with Gasteiger partial charge in [0.1, 0.15) is 6.33 Å². The van der Waals surface area contributed by atoms with Crippen LogP contribution in [-0.4, -0.2) is 14.8 Å². The minimum Gasteiger partial charge on any atom is -0.241 e. The van der Waals surface area contributed by atoms with Gasteiger partial charge in [0.05, 0.1) is 0 Å². The third-order valence-electron chi connectivity index (χ3n) is 3.99. The van der Waals surface area contributed by atoms with E-state index >= 15 is 0 Å². The van der Waals surface area contributed by atoms with E-state index in [0.29, 0.717) is 4.83 Å². The highest BCUT2D eigenvalue weighted by Gasteiger charge is 2.30. The lowest BCUT2D eigenvalue weighted by Gasteiger charge is -2.13. The summed E-state index contributed by atoms with van der Waals surface area (Å²) in [5.41, 5.74) is 4.10. The molecule has 0 bridgehead atoms. The van der Waals surface area contributed by atoms with Gasteiger partial charge in [-0.3, -0.25) is 0 Å². The quantitative estimate of drug-likeness (QED) is 0.630. The van der Waals surface area contributed by atoms with E-state index in [-0.39, 0.29) is 0 Å². The highest BCUT2D eigenvalue weighted by Crippen LogP contribution is 2.38. The van der Waals surface area contributed by atoms with E-state index in [1.807, 2.05) is 0 Å². The van der Waals surface area contributed by atoms with Crippen LogP contribution in [0.1, 0.15) is 49.1 Å². The first kappa shape index (κ1) is 11.6. The van der Waals surface area contributed by atoms with Crippen molar-refractivity contribution in [2.45, 2.75) is 56.2 Å². The average molecular weight is 295 g/mol. The van der Waals surface area contributed by atoms with Crippen molar-refractivity contribution in [2.75, 3.05) is 0 Å². The molecule has 3 heteroatoms. The Morgan fingerprint density at radius 3 is 2.82 bits per heavy atom. The minimum atomic E-state index is 0.629. The zero-order chi connectivity index (χ0) is 11.7. The van der Waals surface area contributed by atoms with Crippen LogP contribution in [0.15, 0.2) is 6.33 Å². The molecule has 2 aliphatic rings. The summed E-state index contributed by atoms with van der Waals surface area (Å²) in [6.45, 7) is 0. The van der Waals surface area contributed by atoms with Gasteiger partial charge in [-0.15, -0.1) is 0 Å². The fraction of sp³-hybridized carbons (Fsp3) is 0.714. The van der Waals surface area contributed by atoms with Gasteiger partial charge < -0.3 is 0 Å². The number of hydrogen-bond donors (Lipinski definition) is 0. The zero-order valence-corrected chi connectivity index (χ0v) is 11.7. The summed E-state index contributed by atoms with van der Waals surface area (Å²) in [6, 6.07) is 0. The Kier molecular flexibility index (Phi) is 3.46. The van der Waals surface area contributed by atoms with Crippen LogP contribution in [0.2, 0.25) is 0 Å². The summed E-state index contributed by atoms with van der Waals surface area (Å²) in [6.07, 6.45) is 11.9. The normalized spacial score (nSPS) is 21.7. The van der Waals surface area contributed by atoms with Crippen LogP contribution in [0.4, 0.5) is 0 Å². The van der Waals surface area contributed by atoms with Crippen LogP contribution in [0.25, 0.3) is 0 Å². The van der Waals surface area contributed by atoms with Crippen molar-refractivity contribution in [1.82, 2.24) is 9.97 Å². The average Bonchev–Trinajstić information content (AvgIpc) is 3.16. The maximum Gasteiger partial charge on any atom is 0.115 e. The van der Waals surface area contributed by atoms with Gasteiger partial charge in [0, 0.05) is 22.6 Å². The largest absolute Gasteiger partial charge is 0.241 e. The lowest BCUT2D eigenvalue weighted by molar-refractivity contribution is 0.704. The first-order chi connectivity index (χ1) is 8.34. The van der Waals surface area contributed by atoms with Crippen molar-refractivity contribution >= 4 is 15.9 Å². The Balaban J connectivity index is 1.82. The third-order valence-corrected chi connectivity index (χ3v) is 5.06. The SMILES string of the molecule is BrC(Cc1ncnc2c1CCCCC2)C1CC1. The van der Waals surface area contributed by atoms with Crippen LogP contribution in [0.5, 0.6) is 0 Å². The van der Waals surface area contributed by atoms with Gasteiger partial charge in [-0.2, -0.15) is 0 Å². The van der Waals surface area contributed by atoms with Gasteiger partial charge >= 0.3 is 0 Å². The monoisotopic (exact) mass is 294 g/mol. The Labute approximate surface area is 111 Å². The summed E-state index contributed by atoms with van der Waals surface area (Å²) in [4.78, 5) is 9.65. The predicted octanol–water partition coefficient (Wildman–Crippen LogP) is 3.46. The molecule has 1 atom stereocenters. The van der Waals surface area contributed by atoms with E-state index in [9.17, 15) is 0 Å². The van der Waals surface area contributed by atoms with Crippen molar-refractivity contribution in [3.05, 3.63) is 23.3 Å². The summed E-state index contributed by atoms with van der Waals surface area (Å²) < 4.78 is 0.